The van der Waals surface area contributed by atoms with Gasteiger partial charge in [0.25, 0.3) is 0 Å². The zero-order valence-electron chi connectivity index (χ0n) is 16.1. The molecule has 0 aliphatic carbocycles. The SMILES string of the molecule is CCCc1cc(N)ccc1CCNCCc1ccc(O)c(NC(=O)NC)c1. The Hall–Kier alpha value is -2.73. The highest BCUT2D eigenvalue weighted by atomic mass is 16.3. The third kappa shape index (κ3) is 6.49. The number of carbonyl (C=O) groups is 1. The molecule has 2 rings (SSSR count). The third-order valence-electron chi connectivity index (χ3n) is 4.45. The molecule has 2 amide bonds. The summed E-state index contributed by atoms with van der Waals surface area (Å²) in [5.74, 6) is 0.0575. The lowest BCUT2D eigenvalue weighted by atomic mass is 10.00. The van der Waals surface area contributed by atoms with Crippen LogP contribution in [0.5, 0.6) is 5.75 Å². The maximum atomic E-state index is 11.4. The standard InChI is InChI=1S/C21H30N4O2/c1-3-4-17-14-18(22)7-6-16(17)10-12-24-11-9-15-5-8-20(26)19(13-15)25-21(27)23-2/h5-8,13-14,24,26H,3-4,9-12,22H2,1-2H3,(H2,23,25,27). The minimum Gasteiger partial charge on any atom is -0.506 e. The van der Waals surface area contributed by atoms with Crippen molar-refractivity contribution in [2.75, 3.05) is 31.2 Å². The number of phenols is 1. The number of nitrogens with two attached hydrogens (primary N) is 1. The molecule has 0 atom stereocenters. The van der Waals surface area contributed by atoms with E-state index in [4.69, 9.17) is 5.73 Å². The second-order valence-electron chi connectivity index (χ2n) is 6.58. The number of amides is 2. The first-order chi connectivity index (χ1) is 13.0. The summed E-state index contributed by atoms with van der Waals surface area (Å²) in [6, 6.07) is 11.1. The molecule has 0 spiro atoms. The number of benzene rings is 2. The molecular weight excluding hydrogens is 340 g/mol. The van der Waals surface area contributed by atoms with Gasteiger partial charge in [0, 0.05) is 12.7 Å². The van der Waals surface area contributed by atoms with Gasteiger partial charge in [0.05, 0.1) is 5.69 Å². The molecule has 0 unspecified atom stereocenters. The first-order valence-electron chi connectivity index (χ1n) is 9.42. The number of anilines is 2. The fourth-order valence-corrected chi connectivity index (χ4v) is 3.00. The van der Waals surface area contributed by atoms with Gasteiger partial charge in [0.2, 0.25) is 0 Å². The van der Waals surface area contributed by atoms with Crippen LogP contribution in [0.1, 0.15) is 30.0 Å². The topological polar surface area (TPSA) is 99.4 Å². The molecule has 2 aromatic rings. The Morgan fingerprint density at radius 3 is 2.56 bits per heavy atom. The van der Waals surface area contributed by atoms with E-state index in [0.29, 0.717) is 5.69 Å². The molecule has 0 aromatic heterocycles. The van der Waals surface area contributed by atoms with E-state index in [1.54, 1.807) is 12.1 Å². The number of aromatic hydroxyl groups is 1. The van der Waals surface area contributed by atoms with Crippen molar-refractivity contribution in [1.82, 2.24) is 10.6 Å². The number of nitrogen functional groups attached to an aromatic ring is 1. The lowest BCUT2D eigenvalue weighted by molar-refractivity contribution is 0.254. The van der Waals surface area contributed by atoms with Gasteiger partial charge in [-0.25, -0.2) is 4.79 Å². The summed E-state index contributed by atoms with van der Waals surface area (Å²) < 4.78 is 0. The zero-order valence-corrected chi connectivity index (χ0v) is 16.1. The maximum absolute atomic E-state index is 11.4. The summed E-state index contributed by atoms with van der Waals surface area (Å²) in [5.41, 5.74) is 10.9. The second-order valence-corrected chi connectivity index (χ2v) is 6.58. The van der Waals surface area contributed by atoms with Crippen LogP contribution in [0.4, 0.5) is 16.2 Å². The highest BCUT2D eigenvalue weighted by Crippen LogP contribution is 2.24. The van der Waals surface area contributed by atoms with Crippen molar-refractivity contribution in [2.24, 2.45) is 0 Å². The molecule has 0 bridgehead atoms. The molecule has 6 heteroatoms. The van der Waals surface area contributed by atoms with Crippen LogP contribution in [0.3, 0.4) is 0 Å². The Labute approximate surface area is 161 Å². The van der Waals surface area contributed by atoms with Gasteiger partial charge in [-0.3, -0.25) is 0 Å². The highest BCUT2D eigenvalue weighted by molar-refractivity contribution is 5.90. The first-order valence-corrected chi connectivity index (χ1v) is 9.42. The van der Waals surface area contributed by atoms with Gasteiger partial charge < -0.3 is 26.8 Å². The van der Waals surface area contributed by atoms with Gasteiger partial charge in [0.15, 0.2) is 0 Å². The van der Waals surface area contributed by atoms with Crippen LogP contribution >= 0.6 is 0 Å². The predicted molar refractivity (Wildman–Crippen MR) is 111 cm³/mol. The van der Waals surface area contributed by atoms with Crippen LogP contribution < -0.4 is 21.7 Å². The maximum Gasteiger partial charge on any atom is 0.319 e. The molecule has 6 nitrogen and oxygen atoms in total. The minimum atomic E-state index is -0.355. The molecule has 6 N–H and O–H groups in total. The van der Waals surface area contributed by atoms with E-state index >= 15 is 0 Å². The van der Waals surface area contributed by atoms with E-state index < -0.39 is 0 Å². The summed E-state index contributed by atoms with van der Waals surface area (Å²) in [4.78, 5) is 11.4. The van der Waals surface area contributed by atoms with Crippen LogP contribution in [-0.2, 0) is 19.3 Å². The minimum absolute atomic E-state index is 0.0575. The monoisotopic (exact) mass is 370 g/mol. The highest BCUT2D eigenvalue weighted by Gasteiger charge is 2.06. The molecule has 0 saturated heterocycles. The Morgan fingerprint density at radius 2 is 1.81 bits per heavy atom. The lowest BCUT2D eigenvalue weighted by Gasteiger charge is -2.12. The van der Waals surface area contributed by atoms with E-state index in [1.165, 1.54) is 18.2 Å². The van der Waals surface area contributed by atoms with Crippen molar-refractivity contribution < 1.29 is 9.90 Å². The number of phenolic OH excluding ortho intramolecular Hbond substituents is 1. The van der Waals surface area contributed by atoms with Crippen LogP contribution in [0.15, 0.2) is 36.4 Å². The Bertz CT molecular complexity index is 762. The predicted octanol–water partition coefficient (Wildman–Crippen LogP) is 3.05. The molecule has 0 fully saturated rings. The van der Waals surface area contributed by atoms with Crippen LogP contribution in [0.2, 0.25) is 0 Å². The van der Waals surface area contributed by atoms with Crippen LogP contribution in [0.25, 0.3) is 0 Å². The summed E-state index contributed by atoms with van der Waals surface area (Å²) in [7, 11) is 1.53. The summed E-state index contributed by atoms with van der Waals surface area (Å²) in [6.45, 7) is 3.89. The molecule has 0 radical (unpaired) electrons. The van der Waals surface area contributed by atoms with Gasteiger partial charge in [-0.1, -0.05) is 25.5 Å². The van der Waals surface area contributed by atoms with Crippen molar-refractivity contribution in [2.45, 2.75) is 32.6 Å². The average molecular weight is 370 g/mol. The number of hydrogen-bond acceptors (Lipinski definition) is 4. The number of aryl methyl sites for hydroxylation is 1. The quantitative estimate of drug-likeness (QED) is 0.266. The van der Waals surface area contributed by atoms with E-state index in [9.17, 15) is 9.90 Å². The molecule has 0 saturated carbocycles. The lowest BCUT2D eigenvalue weighted by Crippen LogP contribution is -2.24. The van der Waals surface area contributed by atoms with Gasteiger partial charge in [-0.2, -0.15) is 0 Å². The smallest absolute Gasteiger partial charge is 0.319 e. The van der Waals surface area contributed by atoms with E-state index in [-0.39, 0.29) is 11.8 Å². The van der Waals surface area contributed by atoms with E-state index in [0.717, 1.165) is 50.0 Å². The zero-order chi connectivity index (χ0) is 19.6. The molecular formula is C21H30N4O2. The first kappa shape index (κ1) is 20.6. The molecule has 0 aliphatic rings. The molecule has 0 aliphatic heterocycles. The average Bonchev–Trinajstić information content (AvgIpc) is 2.65. The summed E-state index contributed by atoms with van der Waals surface area (Å²) in [5, 5.41) is 18.4. The molecule has 27 heavy (non-hydrogen) atoms. The van der Waals surface area contributed by atoms with Crippen molar-refractivity contribution in [3.05, 3.63) is 53.1 Å². The van der Waals surface area contributed by atoms with E-state index in [2.05, 4.69) is 35.0 Å². The largest absolute Gasteiger partial charge is 0.506 e. The Morgan fingerprint density at radius 1 is 1.04 bits per heavy atom. The van der Waals surface area contributed by atoms with Gasteiger partial charge in [0.1, 0.15) is 5.75 Å². The second kappa shape index (κ2) is 10.4. The normalized spacial score (nSPS) is 10.6. The fraction of sp³-hybridized carbons (Fsp3) is 0.381. The van der Waals surface area contributed by atoms with Crippen molar-refractivity contribution in [1.29, 1.82) is 0 Å². The molecule has 146 valence electrons. The van der Waals surface area contributed by atoms with Crippen LogP contribution in [-0.4, -0.2) is 31.3 Å². The van der Waals surface area contributed by atoms with Crippen molar-refractivity contribution in [3.8, 4) is 5.75 Å². The fourth-order valence-electron chi connectivity index (χ4n) is 3.00. The van der Waals surface area contributed by atoms with Crippen LogP contribution in [0, 0.1) is 0 Å². The molecule has 0 heterocycles. The Balaban J connectivity index is 1.82. The Kier molecular flexibility index (Phi) is 7.95. The summed E-state index contributed by atoms with van der Waals surface area (Å²) in [6.07, 6.45) is 3.94. The third-order valence-corrected chi connectivity index (χ3v) is 4.45. The number of carbonyl (C=O) groups excluding carboxylic acids is 1. The number of nitrogens with one attached hydrogen (secondary N) is 3. The number of hydrogen-bond donors (Lipinski definition) is 5. The van der Waals surface area contributed by atoms with E-state index in [1.807, 2.05) is 12.1 Å². The van der Waals surface area contributed by atoms with Crippen molar-refractivity contribution >= 4 is 17.4 Å². The number of urea groups is 1. The van der Waals surface area contributed by atoms with Gasteiger partial charge in [-0.15, -0.1) is 0 Å². The van der Waals surface area contributed by atoms with Gasteiger partial charge >= 0.3 is 6.03 Å². The molecule has 2 aromatic carbocycles. The number of rotatable bonds is 9. The summed E-state index contributed by atoms with van der Waals surface area (Å²) >= 11 is 0. The van der Waals surface area contributed by atoms with Crippen molar-refractivity contribution in [3.63, 3.8) is 0 Å². The van der Waals surface area contributed by atoms with Gasteiger partial charge in [-0.05, 0) is 73.3 Å².